The Morgan fingerprint density at radius 3 is 2.80 bits per heavy atom. The second-order valence-corrected chi connectivity index (χ2v) is 4.59. The van der Waals surface area contributed by atoms with Gasteiger partial charge in [0.05, 0.1) is 6.61 Å². The summed E-state index contributed by atoms with van der Waals surface area (Å²) >= 11 is 0. The number of hydrogen-bond donors (Lipinski definition) is 1. The Bertz CT molecular complexity index is 545. The van der Waals surface area contributed by atoms with Gasteiger partial charge in [-0.15, -0.1) is 0 Å². The maximum atomic E-state index is 13.9. The van der Waals surface area contributed by atoms with Crippen LogP contribution in [0.15, 0.2) is 42.6 Å². The van der Waals surface area contributed by atoms with Gasteiger partial charge in [-0.1, -0.05) is 18.2 Å². The van der Waals surface area contributed by atoms with Gasteiger partial charge in [-0.2, -0.15) is 0 Å². The Morgan fingerprint density at radius 2 is 2.10 bits per heavy atom. The zero-order valence-electron chi connectivity index (χ0n) is 11.8. The molecule has 0 aliphatic heterocycles. The van der Waals surface area contributed by atoms with Crippen molar-refractivity contribution in [1.29, 1.82) is 0 Å². The fourth-order valence-corrected chi connectivity index (χ4v) is 1.98. The molecule has 0 spiro atoms. The number of aromatic nitrogens is 1. The molecule has 0 amide bonds. The first-order chi connectivity index (χ1) is 9.72. The van der Waals surface area contributed by atoms with Crippen LogP contribution < -0.4 is 10.1 Å². The summed E-state index contributed by atoms with van der Waals surface area (Å²) < 4.78 is 19.5. The lowest BCUT2D eigenvalue weighted by Crippen LogP contribution is -2.15. The van der Waals surface area contributed by atoms with Gasteiger partial charge in [0.25, 0.3) is 0 Å². The summed E-state index contributed by atoms with van der Waals surface area (Å²) in [5.74, 6) is -0.00379. The van der Waals surface area contributed by atoms with Crippen LogP contribution in [0, 0.1) is 5.82 Å². The first-order valence-electron chi connectivity index (χ1n) is 6.70. The Labute approximate surface area is 118 Å². The van der Waals surface area contributed by atoms with Crippen LogP contribution in [0.1, 0.15) is 24.2 Å². The minimum Gasteiger partial charge on any atom is -0.490 e. The summed E-state index contributed by atoms with van der Waals surface area (Å²) in [6.07, 6.45) is 2.40. The predicted molar refractivity (Wildman–Crippen MR) is 77.3 cm³/mol. The van der Waals surface area contributed by atoms with Gasteiger partial charge in [0.2, 0.25) is 0 Å². The Hall–Kier alpha value is -1.94. The topological polar surface area (TPSA) is 34.1 Å². The molecular weight excluding hydrogens is 255 g/mol. The smallest absolute Gasteiger partial charge is 0.165 e. The van der Waals surface area contributed by atoms with Gasteiger partial charge in [-0.3, -0.25) is 4.98 Å². The number of benzene rings is 1. The number of nitrogens with one attached hydrogen (secondary N) is 1. The monoisotopic (exact) mass is 274 g/mol. The molecule has 0 aliphatic rings. The molecule has 20 heavy (non-hydrogen) atoms. The minimum atomic E-state index is -0.328. The molecule has 106 valence electrons. The molecule has 4 heteroatoms. The number of nitrogens with zero attached hydrogens (tertiary/aromatic N) is 1. The van der Waals surface area contributed by atoms with Gasteiger partial charge < -0.3 is 10.1 Å². The first-order valence-corrected chi connectivity index (χ1v) is 6.70. The van der Waals surface area contributed by atoms with Crippen molar-refractivity contribution >= 4 is 0 Å². The highest BCUT2D eigenvalue weighted by Gasteiger charge is 2.14. The van der Waals surface area contributed by atoms with E-state index in [1.54, 1.807) is 12.3 Å². The van der Waals surface area contributed by atoms with Crippen LogP contribution in [-0.4, -0.2) is 18.6 Å². The fraction of sp³-hybridized carbons (Fsp3) is 0.312. The van der Waals surface area contributed by atoms with E-state index in [4.69, 9.17) is 4.74 Å². The average molecular weight is 274 g/mol. The van der Waals surface area contributed by atoms with Crippen LogP contribution in [0.5, 0.6) is 5.75 Å². The third-order valence-corrected chi connectivity index (χ3v) is 3.23. The number of pyridine rings is 1. The van der Waals surface area contributed by atoms with Crippen molar-refractivity contribution in [2.75, 3.05) is 13.7 Å². The number of hydrogen-bond acceptors (Lipinski definition) is 3. The van der Waals surface area contributed by atoms with E-state index in [0.717, 1.165) is 11.3 Å². The van der Waals surface area contributed by atoms with Crippen LogP contribution in [0.25, 0.3) is 0 Å². The molecule has 3 nitrogen and oxygen atoms in total. The number of para-hydroxylation sites is 1. The largest absolute Gasteiger partial charge is 0.490 e. The van der Waals surface area contributed by atoms with Crippen molar-refractivity contribution in [3.63, 3.8) is 0 Å². The van der Waals surface area contributed by atoms with Crippen molar-refractivity contribution in [1.82, 2.24) is 10.3 Å². The summed E-state index contributed by atoms with van der Waals surface area (Å²) in [6.45, 7) is 2.38. The lowest BCUT2D eigenvalue weighted by atomic mass is 10.1. The quantitative estimate of drug-likeness (QED) is 0.878. The van der Waals surface area contributed by atoms with Crippen LogP contribution in [0.4, 0.5) is 4.39 Å². The summed E-state index contributed by atoms with van der Waals surface area (Å²) in [5.41, 5.74) is 1.76. The van der Waals surface area contributed by atoms with E-state index in [0.29, 0.717) is 18.8 Å². The Kier molecular flexibility index (Phi) is 5.07. The van der Waals surface area contributed by atoms with E-state index < -0.39 is 0 Å². The highest BCUT2D eigenvalue weighted by atomic mass is 19.1. The van der Waals surface area contributed by atoms with Gasteiger partial charge in [-0.05, 0) is 32.2 Å². The van der Waals surface area contributed by atoms with E-state index in [2.05, 4.69) is 10.3 Å². The van der Waals surface area contributed by atoms with Crippen molar-refractivity contribution in [3.8, 4) is 5.75 Å². The molecule has 0 bridgehead atoms. The highest BCUT2D eigenvalue weighted by Crippen LogP contribution is 2.28. The summed E-state index contributed by atoms with van der Waals surface area (Å²) in [7, 11) is 1.84. The van der Waals surface area contributed by atoms with E-state index in [1.165, 1.54) is 6.07 Å². The lowest BCUT2D eigenvalue weighted by Gasteiger charge is -2.17. The van der Waals surface area contributed by atoms with Gasteiger partial charge >= 0.3 is 0 Å². The zero-order valence-corrected chi connectivity index (χ0v) is 11.8. The molecule has 1 atom stereocenters. The van der Waals surface area contributed by atoms with Crippen molar-refractivity contribution in [3.05, 3.63) is 59.7 Å². The predicted octanol–water partition coefficient (Wildman–Crippen LogP) is 3.12. The second kappa shape index (κ2) is 7.01. The molecule has 0 fully saturated rings. The molecular formula is C16H19FN2O. The molecule has 2 rings (SSSR count). The second-order valence-electron chi connectivity index (χ2n) is 4.59. The van der Waals surface area contributed by atoms with Crippen LogP contribution in [0.3, 0.4) is 0 Å². The number of ether oxygens (including phenoxy) is 1. The number of halogens is 1. The third kappa shape index (κ3) is 3.54. The maximum Gasteiger partial charge on any atom is 0.165 e. The van der Waals surface area contributed by atoms with E-state index in [-0.39, 0.29) is 11.9 Å². The normalized spacial score (nSPS) is 12.2. The van der Waals surface area contributed by atoms with E-state index in [9.17, 15) is 4.39 Å². The fourth-order valence-electron chi connectivity index (χ4n) is 1.98. The van der Waals surface area contributed by atoms with Crippen molar-refractivity contribution in [2.45, 2.75) is 19.4 Å². The summed E-state index contributed by atoms with van der Waals surface area (Å²) in [6, 6.07) is 10.8. The molecule has 1 N–H and O–H groups in total. The molecule has 1 unspecified atom stereocenters. The van der Waals surface area contributed by atoms with Crippen molar-refractivity contribution in [2.24, 2.45) is 0 Å². The van der Waals surface area contributed by atoms with Gasteiger partial charge in [0, 0.05) is 29.9 Å². The van der Waals surface area contributed by atoms with Gasteiger partial charge in [0.1, 0.15) is 0 Å². The molecule has 1 aromatic carbocycles. The maximum absolute atomic E-state index is 13.9. The van der Waals surface area contributed by atoms with Gasteiger partial charge in [-0.25, -0.2) is 4.39 Å². The first kappa shape index (κ1) is 14.5. The number of rotatable bonds is 6. The highest BCUT2D eigenvalue weighted by molar-refractivity contribution is 5.37. The zero-order chi connectivity index (χ0) is 14.4. The molecule has 1 aromatic heterocycles. The SMILES string of the molecule is CNC(C)c1cccc(F)c1OCCc1ccccn1. The van der Waals surface area contributed by atoms with E-state index >= 15 is 0 Å². The van der Waals surface area contributed by atoms with Gasteiger partial charge in [0.15, 0.2) is 11.6 Å². The van der Waals surface area contributed by atoms with Crippen LogP contribution in [-0.2, 0) is 6.42 Å². The average Bonchev–Trinajstić information content (AvgIpc) is 2.49. The summed E-state index contributed by atoms with van der Waals surface area (Å²) in [4.78, 5) is 4.22. The Balaban J connectivity index is 2.05. The molecule has 0 saturated carbocycles. The molecule has 1 heterocycles. The Morgan fingerprint density at radius 1 is 1.25 bits per heavy atom. The van der Waals surface area contributed by atoms with Crippen molar-refractivity contribution < 1.29 is 9.13 Å². The standard InChI is InChI=1S/C16H19FN2O/c1-12(18-2)14-7-5-8-15(17)16(14)20-11-9-13-6-3-4-10-19-13/h3-8,10,12,18H,9,11H2,1-2H3. The lowest BCUT2D eigenvalue weighted by molar-refractivity contribution is 0.298. The molecule has 0 radical (unpaired) electrons. The molecule has 0 saturated heterocycles. The summed E-state index contributed by atoms with van der Waals surface area (Å²) in [5, 5.41) is 3.10. The van der Waals surface area contributed by atoms with E-state index in [1.807, 2.05) is 38.2 Å². The molecule has 0 aliphatic carbocycles. The molecule has 2 aromatic rings. The van der Waals surface area contributed by atoms with Crippen LogP contribution in [0.2, 0.25) is 0 Å². The minimum absolute atomic E-state index is 0.0375. The van der Waals surface area contributed by atoms with Crippen LogP contribution >= 0.6 is 0 Å². The third-order valence-electron chi connectivity index (χ3n) is 3.23.